The number of nitro groups is 1. The molecule has 0 radical (unpaired) electrons. The average molecular weight is 329 g/mol. The molecule has 0 aromatic heterocycles. The maximum absolute atomic E-state index is 11.4. The van der Waals surface area contributed by atoms with Crippen LogP contribution < -0.4 is 16.0 Å². The van der Waals surface area contributed by atoms with E-state index >= 15 is 0 Å². The van der Waals surface area contributed by atoms with Crippen molar-refractivity contribution < 1.29 is 4.92 Å². The maximum atomic E-state index is 11.4. The maximum Gasteiger partial charge on any atom is 0.258 e. The number of nitrogens with zero attached hydrogens (tertiary/aromatic N) is 1. The van der Waals surface area contributed by atoms with Crippen molar-refractivity contribution in [2.45, 2.75) is 5.54 Å². The zero-order valence-electron chi connectivity index (χ0n) is 11.0. The molecule has 0 aliphatic heterocycles. The zero-order chi connectivity index (χ0) is 14.6. The van der Waals surface area contributed by atoms with Crippen molar-refractivity contribution in [1.29, 1.82) is 0 Å². The zero-order valence-corrected chi connectivity index (χ0v) is 13.7. The van der Waals surface area contributed by atoms with Gasteiger partial charge in [-0.05, 0) is 0 Å². The minimum Gasteiger partial charge on any atom is -0.309 e. The van der Waals surface area contributed by atoms with Gasteiger partial charge in [0, 0.05) is 41.8 Å². The van der Waals surface area contributed by atoms with Crippen LogP contribution >= 0.6 is 37.9 Å². The highest BCUT2D eigenvalue weighted by atomic mass is 32.1. The molecule has 0 aliphatic carbocycles. The SMILES string of the molecule is O=[N+]([O-])C(CNCCS)(CNCCS)CNCCS. The van der Waals surface area contributed by atoms with Gasteiger partial charge in [0.1, 0.15) is 0 Å². The molecule has 0 heterocycles. The predicted molar refractivity (Wildman–Crippen MR) is 89.9 cm³/mol. The van der Waals surface area contributed by atoms with Crippen molar-refractivity contribution in [1.82, 2.24) is 16.0 Å². The van der Waals surface area contributed by atoms with Crippen LogP contribution in [0.5, 0.6) is 0 Å². The fourth-order valence-corrected chi connectivity index (χ4v) is 2.06. The molecule has 0 fully saturated rings. The highest BCUT2D eigenvalue weighted by molar-refractivity contribution is 7.80. The lowest BCUT2D eigenvalue weighted by molar-refractivity contribution is -0.563. The normalized spacial score (nSPS) is 11.7. The minimum atomic E-state index is -1.06. The smallest absolute Gasteiger partial charge is 0.258 e. The van der Waals surface area contributed by atoms with E-state index in [1.165, 1.54) is 0 Å². The second kappa shape index (κ2) is 12.1. The molecule has 0 rings (SSSR count). The van der Waals surface area contributed by atoms with Gasteiger partial charge in [0.25, 0.3) is 5.54 Å². The van der Waals surface area contributed by atoms with Crippen LogP contribution in [0, 0.1) is 10.1 Å². The molecule has 9 heteroatoms. The van der Waals surface area contributed by atoms with Crippen LogP contribution in [-0.4, -0.2) is 67.0 Å². The van der Waals surface area contributed by atoms with Gasteiger partial charge in [-0.3, -0.25) is 10.1 Å². The van der Waals surface area contributed by atoms with Gasteiger partial charge < -0.3 is 16.0 Å². The van der Waals surface area contributed by atoms with Crippen LogP contribution in [0.15, 0.2) is 0 Å². The van der Waals surface area contributed by atoms with Crippen molar-refractivity contribution >= 4 is 37.9 Å². The molecule has 19 heavy (non-hydrogen) atoms. The van der Waals surface area contributed by atoms with Gasteiger partial charge in [0.2, 0.25) is 0 Å². The lowest BCUT2D eigenvalue weighted by Crippen LogP contribution is -2.60. The van der Waals surface area contributed by atoms with Crippen molar-refractivity contribution in [2.24, 2.45) is 0 Å². The molecule has 0 aromatic carbocycles. The lowest BCUT2D eigenvalue weighted by Gasteiger charge is -2.26. The molecule has 0 saturated carbocycles. The summed E-state index contributed by atoms with van der Waals surface area (Å²) in [6.07, 6.45) is 0. The molecule has 0 saturated heterocycles. The Morgan fingerprint density at radius 1 is 0.842 bits per heavy atom. The van der Waals surface area contributed by atoms with Gasteiger partial charge in [0.15, 0.2) is 0 Å². The number of thiol groups is 3. The highest BCUT2D eigenvalue weighted by Crippen LogP contribution is 2.07. The van der Waals surface area contributed by atoms with Crippen LogP contribution in [-0.2, 0) is 0 Å². The molecular weight excluding hydrogens is 304 g/mol. The topological polar surface area (TPSA) is 79.2 Å². The van der Waals surface area contributed by atoms with E-state index in [2.05, 4.69) is 53.8 Å². The Morgan fingerprint density at radius 2 is 1.16 bits per heavy atom. The fraction of sp³-hybridized carbons (Fsp3) is 1.00. The summed E-state index contributed by atoms with van der Waals surface area (Å²) in [5, 5.41) is 20.7. The Morgan fingerprint density at radius 3 is 1.37 bits per heavy atom. The first-order chi connectivity index (χ1) is 9.13. The molecule has 0 bridgehead atoms. The third-order valence-corrected chi connectivity index (χ3v) is 3.29. The van der Waals surface area contributed by atoms with E-state index in [0.717, 1.165) is 0 Å². The molecule has 0 amide bonds. The Hall–Kier alpha value is 0.330. The van der Waals surface area contributed by atoms with Gasteiger partial charge in [-0.25, -0.2) is 0 Å². The van der Waals surface area contributed by atoms with Crippen LogP contribution in [0.1, 0.15) is 0 Å². The lowest BCUT2D eigenvalue weighted by atomic mass is 10.00. The summed E-state index contributed by atoms with van der Waals surface area (Å²) in [5.41, 5.74) is -1.06. The fourth-order valence-electron chi connectivity index (χ4n) is 1.58. The molecule has 6 nitrogen and oxygen atoms in total. The number of rotatable bonds is 13. The summed E-state index contributed by atoms with van der Waals surface area (Å²) in [4.78, 5) is 11.2. The van der Waals surface area contributed by atoms with E-state index in [0.29, 0.717) is 56.5 Å². The second-order valence-electron chi connectivity index (χ2n) is 4.18. The highest BCUT2D eigenvalue weighted by Gasteiger charge is 2.41. The third-order valence-electron chi connectivity index (χ3n) is 2.62. The average Bonchev–Trinajstić information content (AvgIpc) is 2.38. The van der Waals surface area contributed by atoms with Crippen LogP contribution in [0.25, 0.3) is 0 Å². The molecule has 3 N–H and O–H groups in total. The van der Waals surface area contributed by atoms with E-state index in [4.69, 9.17) is 0 Å². The van der Waals surface area contributed by atoms with Crippen molar-refractivity contribution in [2.75, 3.05) is 56.5 Å². The molecule has 0 unspecified atom stereocenters. The Labute approximate surface area is 131 Å². The first kappa shape index (κ1) is 19.3. The molecule has 0 spiro atoms. The quantitative estimate of drug-likeness (QED) is 0.120. The second-order valence-corrected chi connectivity index (χ2v) is 5.52. The largest absolute Gasteiger partial charge is 0.309 e. The molecule has 0 aromatic rings. The summed E-state index contributed by atoms with van der Waals surface area (Å²) in [7, 11) is 0. The van der Waals surface area contributed by atoms with E-state index in [9.17, 15) is 10.1 Å². The Kier molecular flexibility index (Phi) is 12.3. The first-order valence-electron chi connectivity index (χ1n) is 6.22. The molecular formula is C10H24N4O2S3. The molecule has 114 valence electrons. The third kappa shape index (κ3) is 8.26. The summed E-state index contributed by atoms with van der Waals surface area (Å²) < 4.78 is 0. The Balaban J connectivity index is 4.53. The van der Waals surface area contributed by atoms with Gasteiger partial charge in [-0.15, -0.1) is 0 Å². The summed E-state index contributed by atoms with van der Waals surface area (Å²) in [6, 6.07) is 0. The van der Waals surface area contributed by atoms with E-state index in [-0.39, 0.29) is 4.92 Å². The number of hydrogen-bond acceptors (Lipinski definition) is 8. The van der Waals surface area contributed by atoms with E-state index in [1.807, 2.05) is 0 Å². The van der Waals surface area contributed by atoms with Gasteiger partial charge >= 0.3 is 0 Å². The van der Waals surface area contributed by atoms with E-state index in [1.54, 1.807) is 0 Å². The predicted octanol–water partition coefficient (Wildman–Crippen LogP) is -0.440. The first-order valence-corrected chi connectivity index (χ1v) is 8.12. The van der Waals surface area contributed by atoms with Gasteiger partial charge in [-0.1, -0.05) is 0 Å². The summed E-state index contributed by atoms with van der Waals surface area (Å²) in [5.74, 6) is 1.96. The van der Waals surface area contributed by atoms with E-state index < -0.39 is 5.54 Å². The van der Waals surface area contributed by atoms with Crippen LogP contribution in [0.3, 0.4) is 0 Å². The number of hydrogen-bond donors (Lipinski definition) is 6. The van der Waals surface area contributed by atoms with Gasteiger partial charge in [0.05, 0.1) is 19.6 Å². The summed E-state index contributed by atoms with van der Waals surface area (Å²) >= 11 is 12.3. The summed E-state index contributed by atoms with van der Waals surface area (Å²) in [6.45, 7) is 2.87. The van der Waals surface area contributed by atoms with Crippen molar-refractivity contribution in [3.63, 3.8) is 0 Å². The van der Waals surface area contributed by atoms with Crippen LogP contribution in [0.2, 0.25) is 0 Å². The van der Waals surface area contributed by atoms with Crippen LogP contribution in [0.4, 0.5) is 0 Å². The monoisotopic (exact) mass is 328 g/mol. The minimum absolute atomic E-state index is 0.213. The molecule has 0 aliphatic rings. The Bertz CT molecular complexity index is 220. The standard InChI is InChI=1S/C10H24N4O2S3/c15-14(16)10(7-11-1-4-17,8-12-2-5-18)9-13-3-6-19/h11-13,17-19H,1-9H2. The van der Waals surface area contributed by atoms with Crippen molar-refractivity contribution in [3.05, 3.63) is 10.1 Å². The van der Waals surface area contributed by atoms with Crippen molar-refractivity contribution in [3.8, 4) is 0 Å². The number of nitrogens with one attached hydrogen (secondary N) is 3. The van der Waals surface area contributed by atoms with Gasteiger partial charge in [-0.2, -0.15) is 37.9 Å². The molecule has 0 atom stereocenters.